The molecule has 7 heteroatoms. The van der Waals surface area contributed by atoms with E-state index in [1.165, 1.54) is 15.6 Å². The fourth-order valence-corrected chi connectivity index (χ4v) is 3.08. The summed E-state index contributed by atoms with van der Waals surface area (Å²) >= 11 is 1.74. The Balaban J connectivity index is 1.63. The monoisotopic (exact) mass is 365 g/mol. The van der Waals surface area contributed by atoms with E-state index in [9.17, 15) is 9.59 Å². The van der Waals surface area contributed by atoms with Gasteiger partial charge in [0.05, 0.1) is 13.2 Å². The number of likely N-dealkylation sites (N-methyl/N-ethyl adjacent to an activating group) is 1. The summed E-state index contributed by atoms with van der Waals surface area (Å²) in [6.45, 7) is 3.72. The third kappa shape index (κ3) is 6.12. The number of benzene rings is 1. The zero-order chi connectivity index (χ0) is 18.2. The zero-order valence-corrected chi connectivity index (χ0v) is 15.3. The van der Waals surface area contributed by atoms with E-state index in [4.69, 9.17) is 9.84 Å². The van der Waals surface area contributed by atoms with Crippen molar-refractivity contribution in [3.05, 3.63) is 35.2 Å². The maximum atomic E-state index is 10.8. The first-order chi connectivity index (χ1) is 12.0. The normalized spacial score (nSPS) is 12.4. The second kappa shape index (κ2) is 9.50. The number of carbonyl (C=O) groups is 2. The van der Waals surface area contributed by atoms with Crippen LogP contribution in [0.1, 0.15) is 12.5 Å². The van der Waals surface area contributed by atoms with Gasteiger partial charge >= 0.3 is 11.9 Å². The fourth-order valence-electron chi connectivity index (χ4n) is 2.31. The molecule has 1 atom stereocenters. The van der Waals surface area contributed by atoms with Gasteiger partial charge in [-0.15, -0.1) is 11.3 Å². The summed E-state index contributed by atoms with van der Waals surface area (Å²) in [5.74, 6) is -2.79. The van der Waals surface area contributed by atoms with Crippen molar-refractivity contribution in [1.82, 2.24) is 4.90 Å². The predicted octanol–water partition coefficient (Wildman–Crippen LogP) is 2.41. The molecule has 1 aromatic heterocycles. The highest BCUT2D eigenvalue weighted by Crippen LogP contribution is 2.21. The number of rotatable bonds is 9. The Hall–Kier alpha value is -1.96. The first-order valence-corrected chi connectivity index (χ1v) is 8.99. The fraction of sp³-hybridized carbons (Fsp3) is 0.444. The van der Waals surface area contributed by atoms with E-state index in [1.807, 2.05) is 18.9 Å². The molecule has 0 aliphatic heterocycles. The molecular weight excluding hydrogens is 342 g/mol. The van der Waals surface area contributed by atoms with Crippen molar-refractivity contribution in [3.8, 4) is 0 Å². The minimum Gasteiger partial charge on any atom is -0.473 e. The van der Waals surface area contributed by atoms with Crippen LogP contribution in [0.4, 0.5) is 0 Å². The summed E-state index contributed by atoms with van der Waals surface area (Å²) in [6, 6.07) is 8.74. The smallest absolute Gasteiger partial charge is 0.417 e. The van der Waals surface area contributed by atoms with E-state index in [0.29, 0.717) is 19.8 Å². The van der Waals surface area contributed by atoms with Crippen LogP contribution in [-0.4, -0.2) is 61.4 Å². The molecule has 1 aromatic carbocycles. The number of carboxylic acids is 1. The van der Waals surface area contributed by atoms with Gasteiger partial charge in [-0.05, 0) is 48.9 Å². The molecule has 0 bridgehead atoms. The molecule has 0 aliphatic rings. The van der Waals surface area contributed by atoms with Crippen molar-refractivity contribution in [2.24, 2.45) is 0 Å². The molecule has 0 spiro atoms. The van der Waals surface area contributed by atoms with Crippen molar-refractivity contribution < 1.29 is 24.2 Å². The van der Waals surface area contributed by atoms with Gasteiger partial charge < -0.3 is 14.6 Å². The van der Waals surface area contributed by atoms with Crippen LogP contribution in [0.2, 0.25) is 0 Å². The SMILES string of the molecule is CC(COCCc1ccc2sccc2c1)N(C)CCOC(=O)C(=O)O. The summed E-state index contributed by atoms with van der Waals surface area (Å²) in [7, 11) is 1.88. The van der Waals surface area contributed by atoms with E-state index in [2.05, 4.69) is 34.4 Å². The number of carboxylic acid groups (broad SMARTS) is 1. The molecule has 1 N–H and O–H groups in total. The van der Waals surface area contributed by atoms with E-state index < -0.39 is 11.9 Å². The maximum absolute atomic E-state index is 10.8. The van der Waals surface area contributed by atoms with E-state index in [-0.39, 0.29) is 12.6 Å². The van der Waals surface area contributed by atoms with Gasteiger partial charge in [0.1, 0.15) is 6.61 Å². The van der Waals surface area contributed by atoms with E-state index >= 15 is 0 Å². The third-order valence-corrected chi connectivity index (χ3v) is 4.91. The van der Waals surface area contributed by atoms with Crippen LogP contribution in [0.3, 0.4) is 0 Å². The number of nitrogens with zero attached hydrogens (tertiary/aromatic N) is 1. The van der Waals surface area contributed by atoms with Crippen LogP contribution in [0.5, 0.6) is 0 Å². The van der Waals surface area contributed by atoms with Crippen molar-refractivity contribution >= 4 is 33.4 Å². The van der Waals surface area contributed by atoms with Gasteiger partial charge in [0.2, 0.25) is 0 Å². The minimum absolute atomic E-state index is 0.0482. The number of aliphatic carboxylic acids is 1. The lowest BCUT2D eigenvalue weighted by Crippen LogP contribution is -2.36. The van der Waals surface area contributed by atoms with Crippen LogP contribution in [-0.2, 0) is 25.5 Å². The topological polar surface area (TPSA) is 76.1 Å². The van der Waals surface area contributed by atoms with Gasteiger partial charge in [-0.3, -0.25) is 4.90 Å². The Kier molecular flexibility index (Phi) is 7.36. The van der Waals surface area contributed by atoms with Gasteiger partial charge in [-0.25, -0.2) is 9.59 Å². The van der Waals surface area contributed by atoms with Gasteiger partial charge in [0, 0.05) is 17.3 Å². The highest BCUT2D eigenvalue weighted by molar-refractivity contribution is 7.17. The molecule has 136 valence electrons. The van der Waals surface area contributed by atoms with Crippen LogP contribution in [0.15, 0.2) is 29.6 Å². The number of esters is 1. The molecule has 0 saturated heterocycles. The minimum atomic E-state index is -1.57. The Morgan fingerprint density at radius 2 is 2.08 bits per heavy atom. The number of carbonyl (C=O) groups excluding carboxylic acids is 1. The molecule has 0 saturated carbocycles. The van der Waals surface area contributed by atoms with E-state index in [1.54, 1.807) is 11.3 Å². The Labute approximate surface area is 151 Å². The highest BCUT2D eigenvalue weighted by atomic mass is 32.1. The average Bonchev–Trinajstić information content (AvgIpc) is 3.05. The number of hydrogen-bond donors (Lipinski definition) is 1. The molecular formula is C18H23NO5S. The summed E-state index contributed by atoms with van der Waals surface area (Å²) in [5, 5.41) is 11.8. The van der Waals surface area contributed by atoms with Crippen LogP contribution in [0.25, 0.3) is 10.1 Å². The van der Waals surface area contributed by atoms with Crippen molar-refractivity contribution in [3.63, 3.8) is 0 Å². The number of ether oxygens (including phenoxy) is 2. The molecule has 0 aliphatic carbocycles. The Morgan fingerprint density at radius 1 is 1.28 bits per heavy atom. The lowest BCUT2D eigenvalue weighted by atomic mass is 10.1. The van der Waals surface area contributed by atoms with Gasteiger partial charge in [-0.2, -0.15) is 0 Å². The molecule has 1 unspecified atom stereocenters. The Morgan fingerprint density at radius 3 is 2.84 bits per heavy atom. The summed E-state index contributed by atoms with van der Waals surface area (Å²) < 4.78 is 11.6. The first kappa shape index (κ1) is 19.4. The third-order valence-electron chi connectivity index (χ3n) is 4.02. The molecule has 0 fully saturated rings. The quantitative estimate of drug-likeness (QED) is 0.418. The van der Waals surface area contributed by atoms with Gasteiger partial charge in [0.15, 0.2) is 0 Å². The molecule has 25 heavy (non-hydrogen) atoms. The van der Waals surface area contributed by atoms with E-state index in [0.717, 1.165) is 6.42 Å². The first-order valence-electron chi connectivity index (χ1n) is 8.11. The largest absolute Gasteiger partial charge is 0.473 e. The summed E-state index contributed by atoms with van der Waals surface area (Å²) in [6.07, 6.45) is 0.860. The van der Waals surface area contributed by atoms with Crippen LogP contribution < -0.4 is 0 Å². The molecule has 2 rings (SSSR count). The molecule has 0 radical (unpaired) electrons. The van der Waals surface area contributed by atoms with Gasteiger partial charge in [-0.1, -0.05) is 12.1 Å². The van der Waals surface area contributed by atoms with Gasteiger partial charge in [0.25, 0.3) is 0 Å². The Bertz CT molecular complexity index is 714. The summed E-state index contributed by atoms with van der Waals surface area (Å²) in [4.78, 5) is 23.2. The zero-order valence-electron chi connectivity index (χ0n) is 14.4. The predicted molar refractivity (Wildman–Crippen MR) is 97.0 cm³/mol. The van der Waals surface area contributed by atoms with Crippen molar-refractivity contribution in [2.75, 3.05) is 33.4 Å². The second-order valence-corrected chi connectivity index (χ2v) is 6.84. The van der Waals surface area contributed by atoms with Crippen LogP contribution >= 0.6 is 11.3 Å². The lowest BCUT2D eigenvalue weighted by molar-refractivity contribution is -0.164. The highest BCUT2D eigenvalue weighted by Gasteiger charge is 2.14. The number of fused-ring (bicyclic) bond motifs is 1. The molecule has 1 heterocycles. The van der Waals surface area contributed by atoms with Crippen LogP contribution in [0, 0.1) is 0 Å². The standard InChI is InChI=1S/C18H23NO5S/c1-13(19(2)7-9-24-18(22)17(20)21)12-23-8-5-14-3-4-16-15(11-14)6-10-25-16/h3-4,6,10-11,13H,5,7-9,12H2,1-2H3,(H,20,21). The summed E-state index contributed by atoms with van der Waals surface area (Å²) in [5.41, 5.74) is 1.26. The average molecular weight is 365 g/mol. The number of thiophene rings is 1. The second-order valence-electron chi connectivity index (χ2n) is 5.89. The lowest BCUT2D eigenvalue weighted by Gasteiger charge is -2.24. The maximum Gasteiger partial charge on any atom is 0.417 e. The van der Waals surface area contributed by atoms with Crippen molar-refractivity contribution in [2.45, 2.75) is 19.4 Å². The molecule has 6 nitrogen and oxygen atoms in total. The molecule has 0 amide bonds. The number of hydrogen-bond acceptors (Lipinski definition) is 6. The molecule has 2 aromatic rings. The van der Waals surface area contributed by atoms with Crippen molar-refractivity contribution in [1.29, 1.82) is 0 Å².